The lowest BCUT2D eigenvalue weighted by Crippen LogP contribution is -2.34. The first-order chi connectivity index (χ1) is 14.9. The Morgan fingerprint density at radius 3 is 2.77 bits per heavy atom. The molecule has 0 aliphatic carbocycles. The molecule has 31 heavy (non-hydrogen) atoms. The first-order valence-corrected chi connectivity index (χ1v) is 10.4. The van der Waals surface area contributed by atoms with Gasteiger partial charge in [-0.15, -0.1) is 0 Å². The number of aromatic nitrogens is 1. The Morgan fingerprint density at radius 1 is 1.16 bits per heavy atom. The van der Waals surface area contributed by atoms with Crippen molar-refractivity contribution in [2.75, 3.05) is 7.11 Å². The van der Waals surface area contributed by atoms with Crippen molar-refractivity contribution in [1.82, 2.24) is 10.3 Å². The normalized spacial score (nSPS) is 12.2. The van der Waals surface area contributed by atoms with Crippen LogP contribution in [0.3, 0.4) is 0 Å². The first kappa shape index (κ1) is 20.7. The van der Waals surface area contributed by atoms with E-state index in [0.29, 0.717) is 24.2 Å². The Morgan fingerprint density at radius 2 is 1.97 bits per heavy atom. The van der Waals surface area contributed by atoms with Gasteiger partial charge in [-0.25, -0.2) is 4.79 Å². The van der Waals surface area contributed by atoms with Crippen LogP contribution in [0.4, 0.5) is 0 Å². The van der Waals surface area contributed by atoms with Crippen molar-refractivity contribution in [3.63, 3.8) is 0 Å². The Bertz CT molecular complexity index is 1300. The number of amides is 1. The summed E-state index contributed by atoms with van der Waals surface area (Å²) in [7, 11) is 1.57. The third-order valence-corrected chi connectivity index (χ3v) is 5.58. The van der Waals surface area contributed by atoms with Crippen molar-refractivity contribution < 1.29 is 13.9 Å². The van der Waals surface area contributed by atoms with Crippen LogP contribution in [-0.2, 0) is 17.6 Å². The lowest BCUT2D eigenvalue weighted by atomic mass is 10.0. The summed E-state index contributed by atoms with van der Waals surface area (Å²) in [6.45, 7) is 3.89. The SMILES string of the molecule is COc1cc2oc(=O)cc(C)c2cc1CCC(=O)NC(C)Cc1c[nH]c2ccccc12. The number of para-hydroxylation sites is 1. The number of hydrogen-bond donors (Lipinski definition) is 2. The summed E-state index contributed by atoms with van der Waals surface area (Å²) in [5, 5.41) is 5.13. The second kappa shape index (κ2) is 8.68. The number of fused-ring (bicyclic) bond motifs is 2. The maximum Gasteiger partial charge on any atom is 0.336 e. The zero-order valence-electron chi connectivity index (χ0n) is 18.0. The van der Waals surface area contributed by atoms with Gasteiger partial charge in [0.1, 0.15) is 11.3 Å². The molecule has 1 unspecified atom stereocenters. The molecule has 0 radical (unpaired) electrons. The summed E-state index contributed by atoms with van der Waals surface area (Å²) < 4.78 is 10.7. The van der Waals surface area contributed by atoms with Gasteiger partial charge in [-0.1, -0.05) is 18.2 Å². The van der Waals surface area contributed by atoms with Gasteiger partial charge in [0, 0.05) is 47.1 Å². The standard InChI is InChI=1S/C25H26N2O4/c1-15-10-25(29)31-23-13-22(30-3)17(12-20(15)23)8-9-24(28)27-16(2)11-18-14-26-21-7-5-4-6-19(18)21/h4-7,10,12-14,16,26H,8-9,11H2,1-3H3,(H,27,28). The fourth-order valence-electron chi connectivity index (χ4n) is 4.05. The second-order valence-electron chi connectivity index (χ2n) is 7.94. The van der Waals surface area contributed by atoms with E-state index in [4.69, 9.17) is 9.15 Å². The molecule has 2 aromatic heterocycles. The molecule has 0 bridgehead atoms. The molecule has 2 aromatic carbocycles. The summed E-state index contributed by atoms with van der Waals surface area (Å²) in [5.41, 5.74) is 4.14. The minimum absolute atomic E-state index is 0.00851. The average molecular weight is 418 g/mol. The highest BCUT2D eigenvalue weighted by molar-refractivity contribution is 5.84. The van der Waals surface area contributed by atoms with E-state index in [9.17, 15) is 9.59 Å². The van der Waals surface area contributed by atoms with Crippen LogP contribution in [0.1, 0.15) is 30.0 Å². The summed E-state index contributed by atoms with van der Waals surface area (Å²) >= 11 is 0. The van der Waals surface area contributed by atoms with E-state index in [1.807, 2.05) is 44.3 Å². The molecular formula is C25H26N2O4. The van der Waals surface area contributed by atoms with E-state index in [-0.39, 0.29) is 17.6 Å². The number of aromatic amines is 1. The van der Waals surface area contributed by atoms with Crippen LogP contribution < -0.4 is 15.7 Å². The first-order valence-electron chi connectivity index (χ1n) is 10.4. The van der Waals surface area contributed by atoms with Crippen molar-refractivity contribution in [2.24, 2.45) is 0 Å². The molecule has 160 valence electrons. The van der Waals surface area contributed by atoms with Gasteiger partial charge in [0.05, 0.1) is 7.11 Å². The lowest BCUT2D eigenvalue weighted by molar-refractivity contribution is -0.121. The number of methoxy groups -OCH3 is 1. The fraction of sp³-hybridized carbons (Fsp3) is 0.280. The van der Waals surface area contributed by atoms with Crippen LogP contribution in [0.5, 0.6) is 5.75 Å². The molecule has 0 saturated carbocycles. The number of aryl methyl sites for hydroxylation is 2. The molecule has 6 nitrogen and oxygen atoms in total. The van der Waals surface area contributed by atoms with Crippen molar-refractivity contribution in [1.29, 1.82) is 0 Å². The molecule has 4 aromatic rings. The van der Waals surface area contributed by atoms with Gasteiger partial charge in [-0.3, -0.25) is 4.79 Å². The zero-order valence-corrected chi connectivity index (χ0v) is 18.0. The molecule has 1 atom stereocenters. The second-order valence-corrected chi connectivity index (χ2v) is 7.94. The topological polar surface area (TPSA) is 84.3 Å². The number of nitrogens with one attached hydrogen (secondary N) is 2. The highest BCUT2D eigenvalue weighted by Gasteiger charge is 2.14. The predicted molar refractivity (Wildman–Crippen MR) is 122 cm³/mol. The number of hydrogen-bond acceptors (Lipinski definition) is 4. The summed E-state index contributed by atoms with van der Waals surface area (Å²) in [6.07, 6.45) is 3.64. The van der Waals surface area contributed by atoms with E-state index >= 15 is 0 Å². The van der Waals surface area contributed by atoms with Crippen LogP contribution in [0.15, 0.2) is 57.9 Å². The van der Waals surface area contributed by atoms with Gasteiger partial charge in [-0.2, -0.15) is 0 Å². The van der Waals surface area contributed by atoms with Gasteiger partial charge >= 0.3 is 5.63 Å². The van der Waals surface area contributed by atoms with Crippen LogP contribution in [0, 0.1) is 6.92 Å². The van der Waals surface area contributed by atoms with Gasteiger partial charge in [0.25, 0.3) is 0 Å². The molecule has 0 spiro atoms. The third-order valence-electron chi connectivity index (χ3n) is 5.58. The van der Waals surface area contributed by atoms with Gasteiger partial charge in [0.2, 0.25) is 5.91 Å². The number of rotatable bonds is 7. The number of benzene rings is 2. The fourth-order valence-corrected chi connectivity index (χ4v) is 4.05. The lowest BCUT2D eigenvalue weighted by Gasteiger charge is -2.15. The van der Waals surface area contributed by atoms with Crippen LogP contribution in [0.2, 0.25) is 0 Å². The molecule has 0 fully saturated rings. The van der Waals surface area contributed by atoms with Crippen LogP contribution in [0.25, 0.3) is 21.9 Å². The maximum absolute atomic E-state index is 12.6. The van der Waals surface area contributed by atoms with Crippen LogP contribution >= 0.6 is 0 Å². The minimum atomic E-state index is -0.386. The van der Waals surface area contributed by atoms with Crippen LogP contribution in [-0.4, -0.2) is 24.0 Å². The predicted octanol–water partition coefficient (Wildman–Crippen LogP) is 4.27. The van der Waals surface area contributed by atoms with E-state index in [2.05, 4.69) is 16.4 Å². The minimum Gasteiger partial charge on any atom is -0.496 e. The monoisotopic (exact) mass is 418 g/mol. The van der Waals surface area contributed by atoms with E-state index in [0.717, 1.165) is 28.5 Å². The molecule has 0 saturated heterocycles. The Hall–Kier alpha value is -3.54. The maximum atomic E-state index is 12.6. The quantitative estimate of drug-likeness (QED) is 0.439. The highest BCUT2D eigenvalue weighted by atomic mass is 16.5. The van der Waals surface area contributed by atoms with Crippen molar-refractivity contribution >= 4 is 27.8 Å². The van der Waals surface area contributed by atoms with Gasteiger partial charge in [-0.05, 0) is 55.5 Å². The molecule has 2 heterocycles. The van der Waals surface area contributed by atoms with Crippen molar-refractivity contribution in [3.8, 4) is 5.75 Å². The molecule has 2 N–H and O–H groups in total. The number of H-pyrrole nitrogens is 1. The molecule has 0 aliphatic heterocycles. The Balaban J connectivity index is 1.42. The molecule has 0 aliphatic rings. The van der Waals surface area contributed by atoms with E-state index < -0.39 is 0 Å². The molecule has 1 amide bonds. The van der Waals surface area contributed by atoms with E-state index in [1.165, 1.54) is 17.0 Å². The number of carbonyl (C=O) groups is 1. The Labute approximate surface area is 180 Å². The average Bonchev–Trinajstić information content (AvgIpc) is 3.14. The summed E-state index contributed by atoms with van der Waals surface area (Å²) in [4.78, 5) is 27.5. The highest BCUT2D eigenvalue weighted by Crippen LogP contribution is 2.28. The molecule has 6 heteroatoms. The Kier molecular flexibility index (Phi) is 5.80. The third kappa shape index (κ3) is 4.48. The molecular weight excluding hydrogens is 392 g/mol. The molecule has 4 rings (SSSR count). The zero-order chi connectivity index (χ0) is 22.0. The van der Waals surface area contributed by atoms with Gasteiger partial charge in [0.15, 0.2) is 0 Å². The van der Waals surface area contributed by atoms with Gasteiger partial charge < -0.3 is 19.5 Å². The number of ether oxygens (including phenoxy) is 1. The smallest absolute Gasteiger partial charge is 0.336 e. The largest absolute Gasteiger partial charge is 0.496 e. The number of carbonyl (C=O) groups excluding carboxylic acids is 1. The summed E-state index contributed by atoms with van der Waals surface area (Å²) in [5.74, 6) is 0.603. The summed E-state index contributed by atoms with van der Waals surface area (Å²) in [6, 6.07) is 13.3. The van der Waals surface area contributed by atoms with Crippen molar-refractivity contribution in [2.45, 2.75) is 39.2 Å². The van der Waals surface area contributed by atoms with Crippen molar-refractivity contribution in [3.05, 3.63) is 75.8 Å². The van der Waals surface area contributed by atoms with E-state index in [1.54, 1.807) is 13.2 Å².